The predicted octanol–water partition coefficient (Wildman–Crippen LogP) is 7.18. The van der Waals surface area contributed by atoms with Crippen LogP contribution in [-0.2, 0) is 0 Å². The Morgan fingerprint density at radius 3 is 2.41 bits per heavy atom. The molecular weight excluding hydrogens is 601 g/mol. The molecule has 0 bridgehead atoms. The highest BCUT2D eigenvalue weighted by Gasteiger charge is 2.23. The van der Waals surface area contributed by atoms with Crippen LogP contribution in [0.3, 0.4) is 0 Å². The molecule has 0 saturated carbocycles. The van der Waals surface area contributed by atoms with E-state index in [1.54, 1.807) is 47.8 Å². The Kier molecular flexibility index (Phi) is 10.9. The van der Waals surface area contributed by atoms with Gasteiger partial charge in [-0.25, -0.2) is 9.37 Å². The van der Waals surface area contributed by atoms with Crippen LogP contribution >= 0.6 is 23.5 Å². The van der Waals surface area contributed by atoms with Crippen LogP contribution < -0.4 is 9.62 Å². The van der Waals surface area contributed by atoms with Crippen LogP contribution in [0.15, 0.2) is 71.3 Å². The second-order valence-corrected chi connectivity index (χ2v) is 11.1. The number of nitrogens with zero attached hydrogens (tertiary/aromatic N) is 4. The van der Waals surface area contributed by atoms with Crippen molar-refractivity contribution in [2.45, 2.75) is 19.3 Å². The zero-order valence-electron chi connectivity index (χ0n) is 24.7. The molecule has 3 aromatic heterocycles. The number of amides is 2. The van der Waals surface area contributed by atoms with Crippen molar-refractivity contribution in [3.05, 3.63) is 89.1 Å². The number of imidazole rings is 1. The number of hydrogen-bond acceptors (Lipinski definition) is 6. The van der Waals surface area contributed by atoms with E-state index in [1.807, 2.05) is 52.8 Å². The summed E-state index contributed by atoms with van der Waals surface area (Å²) in [5, 5.41) is 3.94. The molecule has 1 fully saturated rings. The van der Waals surface area contributed by atoms with Gasteiger partial charge in [0.25, 0.3) is 11.8 Å². The lowest BCUT2D eigenvalue weighted by Crippen LogP contribution is -2.35. The van der Waals surface area contributed by atoms with Crippen LogP contribution in [0.25, 0.3) is 27.9 Å². The Morgan fingerprint density at radius 2 is 1.77 bits per heavy atom. The molecule has 2 amide bonds. The summed E-state index contributed by atoms with van der Waals surface area (Å²) in [5.41, 5.74) is 3.89. The fourth-order valence-electron chi connectivity index (χ4n) is 4.88. The van der Waals surface area contributed by atoms with Crippen molar-refractivity contribution in [1.82, 2.24) is 19.6 Å². The lowest BCUT2D eigenvalue weighted by Gasteiger charge is -2.25. The van der Waals surface area contributed by atoms with E-state index in [-0.39, 0.29) is 17.6 Å². The highest BCUT2D eigenvalue weighted by molar-refractivity contribution is 7.99. The Bertz CT molecular complexity index is 1780. The zero-order chi connectivity index (χ0) is 31.8. The summed E-state index contributed by atoms with van der Waals surface area (Å²) in [6, 6.07) is 17.1. The Hall–Kier alpha value is -4.46. The van der Waals surface area contributed by atoms with Crippen LogP contribution in [0, 0.1) is 18.7 Å². The first-order valence-electron chi connectivity index (χ1n) is 13.9. The average Bonchev–Trinajstić information content (AvgIpc) is 3.68. The predicted molar refractivity (Wildman–Crippen MR) is 177 cm³/mol. The minimum Gasteiger partial charge on any atom is -0.455 e. The average molecular weight is 634 g/mol. The van der Waals surface area contributed by atoms with Gasteiger partial charge in [0, 0.05) is 56.7 Å². The Balaban J connectivity index is 0.000000197. The third kappa shape index (κ3) is 7.01. The van der Waals surface area contributed by atoms with Gasteiger partial charge in [0.1, 0.15) is 33.7 Å². The van der Waals surface area contributed by atoms with Gasteiger partial charge in [-0.3, -0.25) is 14.0 Å². The van der Waals surface area contributed by atoms with Gasteiger partial charge < -0.3 is 18.9 Å². The number of rotatable bonds is 5. The van der Waals surface area contributed by atoms with Crippen molar-refractivity contribution < 1.29 is 18.4 Å². The molecule has 1 aliphatic rings. The number of nitrogens with one attached hydrogen (secondary N) is 1. The number of carbonyl (C=O) groups excluding carboxylic acids is 2. The van der Waals surface area contributed by atoms with Crippen molar-refractivity contribution >= 4 is 57.7 Å². The summed E-state index contributed by atoms with van der Waals surface area (Å²) in [5.74, 6) is -0.123. The van der Waals surface area contributed by atoms with Crippen LogP contribution in [0.2, 0.25) is 5.15 Å². The molecule has 5 aromatic rings. The standard InChI is InChI=1S/C18H17FN2O2S.C13H14ClN3O.C2H2/c1-20-18(22)16-14-9-8-13(21(2)24-3)10-15(14)23-17(16)11-4-6-12(19)7-5-11;14-11-5-4-6-12-15-10(9-17(11)12)13(18)16-7-2-1-3-8-16;1-2/h4-10H,1-3H3,(H,20,22);4-6,9H,1-3,7-8H2;1-2H. The van der Waals surface area contributed by atoms with Gasteiger partial charge >= 0.3 is 0 Å². The van der Waals surface area contributed by atoms with E-state index in [1.165, 1.54) is 18.6 Å². The van der Waals surface area contributed by atoms with Crippen molar-refractivity contribution in [3.63, 3.8) is 0 Å². The maximum absolute atomic E-state index is 13.2. The number of pyridine rings is 1. The molecule has 228 valence electrons. The number of halogens is 2. The second-order valence-electron chi connectivity index (χ2n) is 9.81. The molecule has 1 N–H and O–H groups in total. The number of piperidine rings is 1. The Morgan fingerprint density at radius 1 is 1.07 bits per heavy atom. The monoisotopic (exact) mass is 633 g/mol. The summed E-state index contributed by atoms with van der Waals surface area (Å²) in [4.78, 5) is 30.9. The quantitative estimate of drug-likeness (QED) is 0.125. The lowest BCUT2D eigenvalue weighted by molar-refractivity contribution is 0.0719. The molecule has 8 nitrogen and oxygen atoms in total. The molecule has 44 heavy (non-hydrogen) atoms. The maximum Gasteiger partial charge on any atom is 0.274 e. The van der Waals surface area contributed by atoms with Crippen LogP contribution in [0.5, 0.6) is 0 Å². The van der Waals surface area contributed by atoms with Gasteiger partial charge in [-0.1, -0.05) is 29.6 Å². The molecule has 6 rings (SSSR count). The summed E-state index contributed by atoms with van der Waals surface area (Å²) in [7, 11) is 3.53. The molecule has 11 heteroatoms. The normalized spacial score (nSPS) is 12.6. The molecule has 0 aliphatic carbocycles. The number of terminal acetylenes is 1. The van der Waals surface area contributed by atoms with Gasteiger partial charge in [0.2, 0.25) is 0 Å². The number of anilines is 1. The van der Waals surface area contributed by atoms with E-state index >= 15 is 0 Å². The number of fused-ring (bicyclic) bond motifs is 2. The minimum absolute atomic E-state index is 0.00877. The van der Waals surface area contributed by atoms with E-state index in [0.717, 1.165) is 37.0 Å². The van der Waals surface area contributed by atoms with Gasteiger partial charge in [-0.05, 0) is 67.8 Å². The number of hydrogen-bond donors (Lipinski definition) is 1. The van der Waals surface area contributed by atoms with E-state index in [9.17, 15) is 14.0 Å². The maximum atomic E-state index is 13.2. The number of furan rings is 1. The van der Waals surface area contributed by atoms with E-state index in [0.29, 0.717) is 39.0 Å². The second kappa shape index (κ2) is 14.8. The van der Waals surface area contributed by atoms with Crippen LogP contribution in [-0.4, -0.2) is 59.5 Å². The number of carbonyl (C=O) groups is 2. The summed E-state index contributed by atoms with van der Waals surface area (Å²) in [6.45, 7) is 1.67. The molecule has 0 unspecified atom stereocenters. The largest absolute Gasteiger partial charge is 0.455 e. The fourth-order valence-corrected chi connectivity index (χ4v) is 5.41. The number of benzene rings is 2. The first-order chi connectivity index (χ1) is 21.3. The van der Waals surface area contributed by atoms with Gasteiger partial charge in [-0.2, -0.15) is 0 Å². The number of likely N-dealkylation sites (tertiary alicyclic amines) is 1. The molecule has 1 saturated heterocycles. The molecule has 2 aromatic carbocycles. The lowest BCUT2D eigenvalue weighted by atomic mass is 10.0. The van der Waals surface area contributed by atoms with Crippen LogP contribution in [0.1, 0.15) is 40.1 Å². The SMILES string of the molecule is C#C.CNC(=O)c1c(-c2ccc(F)cc2)oc2cc(N(C)SC)ccc12.O=C(c1cn2c(Cl)cccc2n1)N1CCCCC1. The highest BCUT2D eigenvalue weighted by atomic mass is 35.5. The first-order valence-corrected chi connectivity index (χ1v) is 15.4. The molecule has 0 atom stereocenters. The Labute approximate surface area is 265 Å². The minimum atomic E-state index is -0.333. The van der Waals surface area contributed by atoms with E-state index in [2.05, 4.69) is 23.1 Å². The first kappa shape index (κ1) is 32.5. The highest BCUT2D eigenvalue weighted by Crippen LogP contribution is 2.36. The third-order valence-corrected chi connectivity index (χ3v) is 8.24. The third-order valence-electron chi connectivity index (χ3n) is 7.18. The molecule has 0 spiro atoms. The summed E-state index contributed by atoms with van der Waals surface area (Å²) in [6.07, 6.45) is 15.1. The van der Waals surface area contributed by atoms with Gasteiger partial charge in [0.15, 0.2) is 0 Å². The number of aromatic nitrogens is 2. The van der Waals surface area contributed by atoms with Gasteiger partial charge in [0.05, 0.1) is 11.3 Å². The molecule has 0 radical (unpaired) electrons. The molecule has 1 aliphatic heterocycles. The smallest absolute Gasteiger partial charge is 0.274 e. The van der Waals surface area contributed by atoms with Crippen LogP contribution in [0.4, 0.5) is 10.1 Å². The van der Waals surface area contributed by atoms with Crippen molar-refractivity contribution in [2.75, 3.05) is 37.7 Å². The topological polar surface area (TPSA) is 83.1 Å². The molecule has 4 heterocycles. The van der Waals surface area contributed by atoms with Crippen molar-refractivity contribution in [3.8, 4) is 24.2 Å². The van der Waals surface area contributed by atoms with Crippen molar-refractivity contribution in [2.24, 2.45) is 0 Å². The summed E-state index contributed by atoms with van der Waals surface area (Å²) >= 11 is 7.64. The van der Waals surface area contributed by atoms with Crippen molar-refractivity contribution in [1.29, 1.82) is 0 Å². The molecular formula is C33H33ClFN5O3S. The zero-order valence-corrected chi connectivity index (χ0v) is 26.3. The van der Waals surface area contributed by atoms with Gasteiger partial charge in [-0.15, -0.1) is 12.8 Å². The van der Waals surface area contributed by atoms with E-state index < -0.39 is 0 Å². The fraction of sp³-hybridized carbons (Fsp3) is 0.242. The summed E-state index contributed by atoms with van der Waals surface area (Å²) < 4.78 is 22.9. The van der Waals surface area contributed by atoms with E-state index in [4.69, 9.17) is 16.0 Å².